The third-order valence-electron chi connectivity index (χ3n) is 4.01. The molecule has 1 aromatic rings. The molecule has 0 saturated carbocycles. The van der Waals surface area contributed by atoms with Crippen LogP contribution in [0.25, 0.3) is 0 Å². The molecular weight excluding hydrogens is 394 g/mol. The predicted molar refractivity (Wildman–Crippen MR) is 107 cm³/mol. The molecule has 1 rings (SSSR count). The summed E-state index contributed by atoms with van der Waals surface area (Å²) in [6, 6.07) is 3.61. The Labute approximate surface area is 173 Å². The van der Waals surface area contributed by atoms with Gasteiger partial charge < -0.3 is 31.0 Å². The minimum absolute atomic E-state index is 0.0396. The lowest BCUT2D eigenvalue weighted by Crippen LogP contribution is -2.44. The highest BCUT2D eigenvalue weighted by atomic mass is 16.4. The molecule has 0 aromatic heterocycles. The molecule has 10 heteroatoms. The van der Waals surface area contributed by atoms with Gasteiger partial charge in [-0.25, -0.2) is 9.59 Å². The Morgan fingerprint density at radius 2 is 1.60 bits per heavy atom. The second kappa shape index (κ2) is 12.6. The van der Waals surface area contributed by atoms with Gasteiger partial charge in [-0.2, -0.15) is 0 Å². The number of anilines is 1. The van der Waals surface area contributed by atoms with E-state index in [4.69, 9.17) is 11.5 Å². The first-order chi connectivity index (χ1) is 14.3. The van der Waals surface area contributed by atoms with Crippen molar-refractivity contribution in [2.24, 2.45) is 0 Å². The number of terminal acetylenes is 1. The second-order valence-corrected chi connectivity index (χ2v) is 6.24. The fourth-order valence-corrected chi connectivity index (χ4v) is 2.43. The number of carboxylic acids is 2. The number of aliphatic carboxylic acids is 2. The van der Waals surface area contributed by atoms with Gasteiger partial charge in [-0.1, -0.05) is 5.92 Å². The molecule has 2 atom stereocenters. The topological polar surface area (TPSA) is 162 Å². The summed E-state index contributed by atoms with van der Waals surface area (Å²) < 4.78 is 0. The van der Waals surface area contributed by atoms with E-state index in [1.54, 1.807) is 12.1 Å². The maximum atomic E-state index is 12.3. The Morgan fingerprint density at radius 1 is 1.00 bits per heavy atom. The summed E-state index contributed by atoms with van der Waals surface area (Å²) >= 11 is 0. The average molecular weight is 417 g/mol. The quantitative estimate of drug-likeness (QED) is 0.225. The number of hydrogen-bond acceptors (Lipinski definition) is 6. The van der Waals surface area contributed by atoms with Gasteiger partial charge in [0, 0.05) is 24.1 Å². The molecule has 0 aliphatic rings. The first-order valence-electron chi connectivity index (χ1n) is 9.05. The van der Waals surface area contributed by atoms with E-state index in [1.807, 2.05) is 0 Å². The number of nitrogens with one attached hydrogen (secondary N) is 3. The van der Waals surface area contributed by atoms with Crippen molar-refractivity contribution in [3.63, 3.8) is 0 Å². The highest BCUT2D eigenvalue weighted by Crippen LogP contribution is 2.10. The van der Waals surface area contributed by atoms with Crippen molar-refractivity contribution in [3.8, 4) is 12.3 Å². The van der Waals surface area contributed by atoms with E-state index >= 15 is 0 Å². The van der Waals surface area contributed by atoms with Crippen LogP contribution in [0.5, 0.6) is 0 Å². The van der Waals surface area contributed by atoms with E-state index in [2.05, 4.69) is 21.9 Å². The van der Waals surface area contributed by atoms with Gasteiger partial charge >= 0.3 is 11.9 Å². The lowest BCUT2D eigenvalue weighted by atomic mass is 10.1. The SMILES string of the molecule is C#CCNc1ccc(C(=O)N[C@@H](CCC(=O)N[C@H](CCC=O)C(=O)O)C(=O)O)cc1. The van der Waals surface area contributed by atoms with E-state index in [1.165, 1.54) is 12.1 Å². The van der Waals surface area contributed by atoms with Crippen molar-refractivity contribution in [3.05, 3.63) is 29.8 Å². The molecule has 0 saturated heterocycles. The monoisotopic (exact) mass is 417 g/mol. The highest BCUT2D eigenvalue weighted by molar-refractivity contribution is 5.97. The van der Waals surface area contributed by atoms with E-state index in [9.17, 15) is 29.1 Å². The number of carbonyl (C=O) groups excluding carboxylic acids is 3. The molecule has 30 heavy (non-hydrogen) atoms. The number of carbonyl (C=O) groups is 5. The van der Waals surface area contributed by atoms with Gasteiger partial charge in [-0.05, 0) is 37.1 Å². The van der Waals surface area contributed by atoms with E-state index in [-0.39, 0.29) is 31.2 Å². The fourth-order valence-electron chi connectivity index (χ4n) is 2.43. The van der Waals surface area contributed by atoms with Crippen LogP contribution in [0.2, 0.25) is 0 Å². The van der Waals surface area contributed by atoms with Gasteiger partial charge in [0.15, 0.2) is 0 Å². The van der Waals surface area contributed by atoms with Crippen LogP contribution in [0, 0.1) is 12.3 Å². The molecule has 2 amide bonds. The zero-order chi connectivity index (χ0) is 22.5. The van der Waals surface area contributed by atoms with E-state index in [0.717, 1.165) is 0 Å². The molecule has 10 nitrogen and oxygen atoms in total. The van der Waals surface area contributed by atoms with Crippen molar-refractivity contribution in [2.45, 2.75) is 37.8 Å². The van der Waals surface area contributed by atoms with Crippen LogP contribution in [-0.2, 0) is 19.2 Å². The maximum absolute atomic E-state index is 12.3. The van der Waals surface area contributed by atoms with Gasteiger partial charge in [0.2, 0.25) is 5.91 Å². The summed E-state index contributed by atoms with van der Waals surface area (Å²) in [4.78, 5) is 57.1. The average Bonchev–Trinajstić information content (AvgIpc) is 2.72. The molecule has 1 aromatic carbocycles. The van der Waals surface area contributed by atoms with Crippen molar-refractivity contribution in [2.75, 3.05) is 11.9 Å². The second-order valence-electron chi connectivity index (χ2n) is 6.24. The number of hydrogen-bond donors (Lipinski definition) is 5. The van der Waals surface area contributed by atoms with Crippen LogP contribution in [-0.4, -0.2) is 58.9 Å². The summed E-state index contributed by atoms with van der Waals surface area (Å²) in [7, 11) is 0. The molecule has 0 fully saturated rings. The maximum Gasteiger partial charge on any atom is 0.326 e. The minimum atomic E-state index is -1.35. The Hall–Kier alpha value is -3.87. The Morgan fingerprint density at radius 3 is 2.13 bits per heavy atom. The molecular formula is C20H23N3O7. The lowest BCUT2D eigenvalue weighted by molar-refractivity contribution is -0.142. The van der Waals surface area contributed by atoms with Crippen LogP contribution < -0.4 is 16.0 Å². The number of rotatable bonds is 13. The van der Waals surface area contributed by atoms with Gasteiger partial charge in [-0.15, -0.1) is 6.42 Å². The van der Waals surface area contributed by atoms with Gasteiger partial charge in [0.05, 0.1) is 6.54 Å². The third kappa shape index (κ3) is 8.43. The van der Waals surface area contributed by atoms with Crippen molar-refractivity contribution in [1.82, 2.24) is 10.6 Å². The van der Waals surface area contributed by atoms with Crippen molar-refractivity contribution >= 4 is 35.7 Å². The highest BCUT2D eigenvalue weighted by Gasteiger charge is 2.24. The molecule has 0 aliphatic heterocycles. The molecule has 0 heterocycles. The summed E-state index contributed by atoms with van der Waals surface area (Å²) in [6.45, 7) is 0.312. The van der Waals surface area contributed by atoms with Crippen LogP contribution in [0.1, 0.15) is 36.0 Å². The van der Waals surface area contributed by atoms with Gasteiger partial charge in [0.1, 0.15) is 18.4 Å². The number of carboxylic acid groups (broad SMARTS) is 2. The van der Waals surface area contributed by atoms with Gasteiger partial charge in [0.25, 0.3) is 5.91 Å². The molecule has 0 aliphatic carbocycles. The first kappa shape index (κ1) is 24.2. The molecule has 160 valence electrons. The molecule has 0 bridgehead atoms. The molecule has 5 N–H and O–H groups in total. The van der Waals surface area contributed by atoms with Crippen molar-refractivity contribution in [1.29, 1.82) is 0 Å². The van der Waals surface area contributed by atoms with Crippen LogP contribution in [0.3, 0.4) is 0 Å². The van der Waals surface area contributed by atoms with E-state index in [0.29, 0.717) is 18.5 Å². The minimum Gasteiger partial charge on any atom is -0.480 e. The summed E-state index contributed by atoms with van der Waals surface area (Å²) in [5, 5.41) is 25.8. The van der Waals surface area contributed by atoms with Crippen molar-refractivity contribution < 1.29 is 34.2 Å². The number of amides is 2. The smallest absolute Gasteiger partial charge is 0.326 e. The van der Waals surface area contributed by atoms with Crippen LogP contribution >= 0.6 is 0 Å². The molecule has 0 unspecified atom stereocenters. The lowest BCUT2D eigenvalue weighted by Gasteiger charge is -2.16. The number of aldehydes is 1. The van der Waals surface area contributed by atoms with E-state index < -0.39 is 35.8 Å². The Bertz CT molecular complexity index is 815. The first-order valence-corrected chi connectivity index (χ1v) is 9.05. The van der Waals surface area contributed by atoms with Crippen LogP contribution in [0.4, 0.5) is 5.69 Å². The normalized spacial score (nSPS) is 12.0. The van der Waals surface area contributed by atoms with Gasteiger partial charge in [-0.3, -0.25) is 9.59 Å². The summed E-state index contributed by atoms with van der Waals surface area (Å²) in [6.07, 6.45) is 5.01. The Kier molecular flexibility index (Phi) is 10.1. The zero-order valence-corrected chi connectivity index (χ0v) is 16.1. The molecule has 0 radical (unpaired) electrons. The number of benzene rings is 1. The molecule has 0 spiro atoms. The Balaban J connectivity index is 2.63. The summed E-state index contributed by atoms with van der Waals surface area (Å²) in [5.74, 6) is -1.56. The predicted octanol–water partition coefficient (Wildman–Crippen LogP) is 0.243. The standard InChI is InChI=1S/C20H23N3O7/c1-2-11-21-14-7-5-13(6-8-14)18(26)23-16(20(29)30)9-10-17(25)22-15(19(27)28)4-3-12-24/h1,5-8,12,15-16,21H,3-4,9-11H2,(H,22,25)(H,23,26)(H,27,28)(H,29,30)/t15-,16+/m1/s1. The zero-order valence-electron chi connectivity index (χ0n) is 16.1. The summed E-state index contributed by atoms with van der Waals surface area (Å²) in [5.41, 5.74) is 0.912. The largest absolute Gasteiger partial charge is 0.480 e. The third-order valence-corrected chi connectivity index (χ3v) is 4.01. The van der Waals surface area contributed by atoms with Crippen LogP contribution in [0.15, 0.2) is 24.3 Å². The fraction of sp³-hybridized carbons (Fsp3) is 0.350.